The third kappa shape index (κ3) is 2.80. The SMILES string of the molecule is NC(=NO)c1cccc(Cn2ccnc2-c2cccs2)c1. The van der Waals surface area contributed by atoms with Gasteiger partial charge in [0.25, 0.3) is 0 Å². The second-order valence-corrected chi connectivity index (χ2v) is 5.49. The van der Waals surface area contributed by atoms with E-state index in [9.17, 15) is 0 Å². The topological polar surface area (TPSA) is 76.4 Å². The van der Waals surface area contributed by atoms with Gasteiger partial charge < -0.3 is 15.5 Å². The molecular formula is C15H14N4OS. The van der Waals surface area contributed by atoms with Crippen LogP contribution in [0, 0.1) is 0 Å². The number of nitrogens with zero attached hydrogens (tertiary/aromatic N) is 3. The lowest BCUT2D eigenvalue weighted by atomic mass is 10.1. The number of aromatic nitrogens is 2. The summed E-state index contributed by atoms with van der Waals surface area (Å²) in [4.78, 5) is 5.55. The minimum Gasteiger partial charge on any atom is -0.409 e. The zero-order valence-electron chi connectivity index (χ0n) is 11.2. The number of hydrogen-bond acceptors (Lipinski definition) is 4. The van der Waals surface area contributed by atoms with E-state index in [0.29, 0.717) is 12.1 Å². The van der Waals surface area contributed by atoms with Crippen molar-refractivity contribution in [3.8, 4) is 10.7 Å². The van der Waals surface area contributed by atoms with Crippen LogP contribution >= 0.6 is 11.3 Å². The highest BCUT2D eigenvalue weighted by atomic mass is 32.1. The van der Waals surface area contributed by atoms with Crippen LogP contribution in [0.2, 0.25) is 0 Å². The van der Waals surface area contributed by atoms with Gasteiger partial charge in [0.1, 0.15) is 5.82 Å². The molecule has 3 rings (SSSR count). The molecule has 0 aliphatic carbocycles. The second-order valence-electron chi connectivity index (χ2n) is 4.54. The molecule has 3 N–H and O–H groups in total. The normalized spacial score (nSPS) is 11.7. The van der Waals surface area contributed by atoms with E-state index in [1.165, 1.54) is 0 Å². The van der Waals surface area contributed by atoms with E-state index in [1.54, 1.807) is 17.5 Å². The van der Waals surface area contributed by atoms with Gasteiger partial charge >= 0.3 is 0 Å². The molecule has 0 spiro atoms. The van der Waals surface area contributed by atoms with E-state index in [0.717, 1.165) is 16.3 Å². The summed E-state index contributed by atoms with van der Waals surface area (Å²) in [5, 5.41) is 13.8. The van der Waals surface area contributed by atoms with Gasteiger partial charge in [0.2, 0.25) is 0 Å². The number of nitrogens with two attached hydrogens (primary N) is 1. The molecule has 0 saturated carbocycles. The molecule has 0 aliphatic heterocycles. The monoisotopic (exact) mass is 298 g/mol. The van der Waals surface area contributed by atoms with Gasteiger partial charge in [-0.1, -0.05) is 29.4 Å². The molecule has 0 fully saturated rings. The van der Waals surface area contributed by atoms with Crippen molar-refractivity contribution in [1.29, 1.82) is 0 Å². The Balaban J connectivity index is 1.90. The zero-order chi connectivity index (χ0) is 14.7. The van der Waals surface area contributed by atoms with Crippen LogP contribution < -0.4 is 5.73 Å². The maximum atomic E-state index is 8.75. The lowest BCUT2D eigenvalue weighted by molar-refractivity contribution is 0.318. The molecule has 0 atom stereocenters. The Kier molecular flexibility index (Phi) is 3.70. The van der Waals surface area contributed by atoms with Gasteiger partial charge in [0, 0.05) is 24.5 Å². The Morgan fingerprint density at radius 1 is 1.33 bits per heavy atom. The maximum Gasteiger partial charge on any atom is 0.170 e. The molecule has 106 valence electrons. The molecule has 0 saturated heterocycles. The van der Waals surface area contributed by atoms with Crippen molar-refractivity contribution < 1.29 is 5.21 Å². The van der Waals surface area contributed by atoms with Gasteiger partial charge in [-0.3, -0.25) is 0 Å². The highest BCUT2D eigenvalue weighted by Crippen LogP contribution is 2.23. The smallest absolute Gasteiger partial charge is 0.170 e. The molecule has 0 unspecified atom stereocenters. The summed E-state index contributed by atoms with van der Waals surface area (Å²) >= 11 is 1.66. The number of oxime groups is 1. The van der Waals surface area contributed by atoms with Crippen molar-refractivity contribution in [2.45, 2.75) is 6.54 Å². The summed E-state index contributed by atoms with van der Waals surface area (Å²) in [5.74, 6) is 1.06. The Labute approximate surface area is 126 Å². The van der Waals surface area contributed by atoms with Crippen LogP contribution in [-0.4, -0.2) is 20.6 Å². The molecule has 2 aromatic heterocycles. The first-order chi connectivity index (χ1) is 10.3. The van der Waals surface area contributed by atoms with E-state index < -0.39 is 0 Å². The first-order valence-electron chi connectivity index (χ1n) is 6.40. The van der Waals surface area contributed by atoms with Crippen LogP contribution in [0.15, 0.2) is 59.3 Å². The summed E-state index contributed by atoms with van der Waals surface area (Å²) in [6, 6.07) is 11.7. The first kappa shape index (κ1) is 13.4. The van der Waals surface area contributed by atoms with Crippen molar-refractivity contribution in [2.24, 2.45) is 10.9 Å². The fraction of sp³-hybridized carbons (Fsp3) is 0.0667. The maximum absolute atomic E-state index is 8.75. The van der Waals surface area contributed by atoms with Crippen molar-refractivity contribution in [3.63, 3.8) is 0 Å². The van der Waals surface area contributed by atoms with E-state index >= 15 is 0 Å². The number of amidine groups is 1. The van der Waals surface area contributed by atoms with Gasteiger partial charge in [0.05, 0.1) is 4.88 Å². The second kappa shape index (κ2) is 5.80. The van der Waals surface area contributed by atoms with E-state index in [2.05, 4.69) is 20.8 Å². The van der Waals surface area contributed by atoms with Crippen molar-refractivity contribution in [2.75, 3.05) is 0 Å². The van der Waals surface area contributed by atoms with Crippen LogP contribution in [-0.2, 0) is 6.54 Å². The molecule has 0 aliphatic rings. The van der Waals surface area contributed by atoms with Crippen molar-refractivity contribution in [3.05, 3.63) is 65.3 Å². The van der Waals surface area contributed by atoms with Gasteiger partial charge in [-0.15, -0.1) is 11.3 Å². The predicted octanol–water partition coefficient (Wildman–Crippen LogP) is 2.75. The van der Waals surface area contributed by atoms with Gasteiger partial charge in [0.15, 0.2) is 5.84 Å². The van der Waals surface area contributed by atoms with Crippen molar-refractivity contribution >= 4 is 17.2 Å². The highest BCUT2D eigenvalue weighted by molar-refractivity contribution is 7.13. The molecule has 5 nitrogen and oxygen atoms in total. The lowest BCUT2D eigenvalue weighted by Crippen LogP contribution is -2.13. The summed E-state index contributed by atoms with van der Waals surface area (Å²) < 4.78 is 2.08. The third-order valence-corrected chi connectivity index (χ3v) is 4.01. The van der Waals surface area contributed by atoms with Crippen LogP contribution in [0.4, 0.5) is 0 Å². The molecule has 2 heterocycles. The molecule has 6 heteroatoms. The fourth-order valence-corrected chi connectivity index (χ4v) is 2.89. The van der Waals surface area contributed by atoms with Crippen LogP contribution in [0.1, 0.15) is 11.1 Å². The van der Waals surface area contributed by atoms with Crippen molar-refractivity contribution in [1.82, 2.24) is 9.55 Å². The van der Waals surface area contributed by atoms with Crippen LogP contribution in [0.5, 0.6) is 0 Å². The minimum atomic E-state index is 0.112. The Morgan fingerprint density at radius 3 is 3.00 bits per heavy atom. The number of imidazole rings is 1. The Bertz CT molecular complexity index is 762. The fourth-order valence-electron chi connectivity index (χ4n) is 2.15. The third-order valence-electron chi connectivity index (χ3n) is 3.14. The van der Waals surface area contributed by atoms with E-state index in [-0.39, 0.29) is 5.84 Å². The molecule has 3 aromatic rings. The summed E-state index contributed by atoms with van der Waals surface area (Å²) in [6.07, 6.45) is 3.74. The van der Waals surface area contributed by atoms with Gasteiger partial charge in [-0.2, -0.15) is 0 Å². The van der Waals surface area contributed by atoms with Gasteiger partial charge in [-0.25, -0.2) is 4.98 Å². The molecule has 21 heavy (non-hydrogen) atoms. The highest BCUT2D eigenvalue weighted by Gasteiger charge is 2.08. The molecule has 0 amide bonds. The number of hydrogen-bond donors (Lipinski definition) is 2. The molecule has 0 bridgehead atoms. The summed E-state index contributed by atoms with van der Waals surface area (Å²) in [5.41, 5.74) is 7.39. The van der Waals surface area contributed by atoms with Crippen LogP contribution in [0.3, 0.4) is 0 Å². The number of benzene rings is 1. The van der Waals surface area contributed by atoms with Gasteiger partial charge in [-0.05, 0) is 23.1 Å². The predicted molar refractivity (Wildman–Crippen MR) is 83.6 cm³/mol. The Hall–Kier alpha value is -2.60. The largest absolute Gasteiger partial charge is 0.409 e. The molecular weight excluding hydrogens is 284 g/mol. The summed E-state index contributed by atoms with van der Waals surface area (Å²) in [7, 11) is 0. The van der Waals surface area contributed by atoms with Crippen LogP contribution in [0.25, 0.3) is 10.7 Å². The average Bonchev–Trinajstić information content (AvgIpc) is 3.17. The number of rotatable bonds is 4. The zero-order valence-corrected chi connectivity index (χ0v) is 12.0. The summed E-state index contributed by atoms with van der Waals surface area (Å²) in [6.45, 7) is 0.680. The minimum absolute atomic E-state index is 0.112. The lowest BCUT2D eigenvalue weighted by Gasteiger charge is -2.08. The first-order valence-corrected chi connectivity index (χ1v) is 7.28. The van der Waals surface area contributed by atoms with E-state index in [1.807, 2.05) is 41.9 Å². The average molecular weight is 298 g/mol. The molecule has 0 radical (unpaired) electrons. The molecule has 1 aromatic carbocycles. The Morgan fingerprint density at radius 2 is 2.24 bits per heavy atom. The quantitative estimate of drug-likeness (QED) is 0.336. The van der Waals surface area contributed by atoms with E-state index in [4.69, 9.17) is 10.9 Å². The standard InChI is InChI=1S/C15H14N4OS/c16-14(18-20)12-4-1-3-11(9-12)10-19-7-6-17-15(19)13-5-2-8-21-13/h1-9,20H,10H2,(H2,16,18). The number of thiophene rings is 1.